The van der Waals surface area contributed by atoms with Crippen molar-refractivity contribution in [2.75, 3.05) is 5.32 Å². The van der Waals surface area contributed by atoms with E-state index in [2.05, 4.69) is 20.4 Å². The van der Waals surface area contributed by atoms with Crippen LogP contribution in [0.5, 0.6) is 0 Å². The van der Waals surface area contributed by atoms with Crippen LogP contribution in [0.4, 0.5) is 5.82 Å². The summed E-state index contributed by atoms with van der Waals surface area (Å²) in [5.74, 6) is 0.139. The highest BCUT2D eigenvalue weighted by molar-refractivity contribution is 5.78. The van der Waals surface area contributed by atoms with Crippen LogP contribution in [0.3, 0.4) is 0 Å². The fourth-order valence-corrected chi connectivity index (χ4v) is 1.91. The monoisotopic (exact) mass is 275 g/mol. The average Bonchev–Trinajstić information content (AvgIpc) is 2.81. The van der Waals surface area contributed by atoms with Crippen LogP contribution in [0.1, 0.15) is 30.0 Å². The van der Waals surface area contributed by atoms with E-state index in [1.807, 2.05) is 6.92 Å². The van der Waals surface area contributed by atoms with Crippen molar-refractivity contribution in [1.29, 1.82) is 0 Å². The number of aryl methyl sites for hydroxylation is 3. The second-order valence-electron chi connectivity index (χ2n) is 4.51. The molecule has 1 unspecified atom stereocenters. The fourth-order valence-electron chi connectivity index (χ4n) is 1.91. The molecule has 1 atom stereocenters. The summed E-state index contributed by atoms with van der Waals surface area (Å²) >= 11 is 0. The normalized spacial score (nSPS) is 12.2. The Morgan fingerprint density at radius 1 is 1.50 bits per heavy atom. The summed E-state index contributed by atoms with van der Waals surface area (Å²) in [4.78, 5) is 19.9. The van der Waals surface area contributed by atoms with Crippen molar-refractivity contribution in [3.8, 4) is 0 Å². The Morgan fingerprint density at radius 3 is 2.80 bits per heavy atom. The van der Waals surface area contributed by atoms with Gasteiger partial charge in [0.2, 0.25) is 0 Å². The molecule has 2 aromatic heterocycles. The van der Waals surface area contributed by atoms with Crippen LogP contribution in [0.2, 0.25) is 0 Å². The fraction of sp³-hybridized carbons (Fsp3) is 0.385. The Morgan fingerprint density at radius 2 is 2.25 bits per heavy atom. The van der Waals surface area contributed by atoms with E-state index in [9.17, 15) is 9.90 Å². The largest absolute Gasteiger partial charge is 0.479 e. The lowest BCUT2D eigenvalue weighted by molar-refractivity contribution is -0.138. The van der Waals surface area contributed by atoms with Crippen molar-refractivity contribution in [1.82, 2.24) is 19.7 Å². The summed E-state index contributed by atoms with van der Waals surface area (Å²) in [7, 11) is 1.74. The zero-order valence-electron chi connectivity index (χ0n) is 11.7. The molecule has 0 saturated heterocycles. The van der Waals surface area contributed by atoms with E-state index in [0.717, 1.165) is 12.1 Å². The molecule has 2 aromatic rings. The van der Waals surface area contributed by atoms with E-state index in [1.165, 1.54) is 6.20 Å². The van der Waals surface area contributed by atoms with Crippen molar-refractivity contribution >= 4 is 11.8 Å². The van der Waals surface area contributed by atoms with E-state index >= 15 is 0 Å². The predicted molar refractivity (Wildman–Crippen MR) is 73.4 cm³/mol. The van der Waals surface area contributed by atoms with Crippen LogP contribution in [-0.2, 0) is 18.3 Å². The molecule has 0 radical (unpaired) electrons. The Balaban J connectivity index is 2.29. The van der Waals surface area contributed by atoms with Crippen LogP contribution in [-0.4, -0.2) is 30.8 Å². The summed E-state index contributed by atoms with van der Waals surface area (Å²) < 4.78 is 1.57. The van der Waals surface area contributed by atoms with E-state index in [1.54, 1.807) is 30.9 Å². The molecule has 0 fully saturated rings. The number of carbonyl (C=O) groups is 1. The Bertz CT molecular complexity index is 623. The number of hydrogen-bond donors (Lipinski definition) is 2. The van der Waals surface area contributed by atoms with E-state index in [0.29, 0.717) is 17.2 Å². The van der Waals surface area contributed by atoms with Gasteiger partial charge in [-0.3, -0.25) is 4.68 Å². The molecule has 0 amide bonds. The van der Waals surface area contributed by atoms with Gasteiger partial charge in [-0.25, -0.2) is 14.8 Å². The summed E-state index contributed by atoms with van der Waals surface area (Å²) in [5, 5.41) is 16.3. The van der Waals surface area contributed by atoms with Gasteiger partial charge in [0.25, 0.3) is 0 Å². The number of hydrogen-bond acceptors (Lipinski definition) is 5. The van der Waals surface area contributed by atoms with E-state index in [-0.39, 0.29) is 0 Å². The molecule has 7 heteroatoms. The number of nitrogens with zero attached hydrogens (tertiary/aromatic N) is 4. The second kappa shape index (κ2) is 5.68. The molecule has 0 aliphatic carbocycles. The Kier molecular flexibility index (Phi) is 3.97. The zero-order chi connectivity index (χ0) is 14.7. The molecule has 0 bridgehead atoms. The first-order valence-corrected chi connectivity index (χ1v) is 6.32. The van der Waals surface area contributed by atoms with Crippen molar-refractivity contribution in [3.63, 3.8) is 0 Å². The molecule has 0 aromatic carbocycles. The maximum Gasteiger partial charge on any atom is 0.330 e. The molecule has 0 saturated carbocycles. The van der Waals surface area contributed by atoms with Gasteiger partial charge < -0.3 is 10.4 Å². The molecule has 2 N–H and O–H groups in total. The van der Waals surface area contributed by atoms with Crippen LogP contribution in [0, 0.1) is 6.92 Å². The first-order chi connectivity index (χ1) is 9.49. The first kappa shape index (κ1) is 14.0. The van der Waals surface area contributed by atoms with Gasteiger partial charge in [-0.15, -0.1) is 0 Å². The third kappa shape index (κ3) is 3.11. The molecular formula is C13H17N5O2. The van der Waals surface area contributed by atoms with Crippen LogP contribution in [0.25, 0.3) is 0 Å². The van der Waals surface area contributed by atoms with E-state index in [4.69, 9.17) is 0 Å². The smallest absolute Gasteiger partial charge is 0.330 e. The van der Waals surface area contributed by atoms with Gasteiger partial charge in [0.05, 0.1) is 6.20 Å². The van der Waals surface area contributed by atoms with Gasteiger partial charge in [0.15, 0.2) is 6.04 Å². The molecular weight excluding hydrogens is 258 g/mol. The minimum Gasteiger partial charge on any atom is -0.479 e. The predicted octanol–water partition coefficient (Wildman–Crippen LogP) is 1.32. The minimum absolute atomic E-state index is 0.505. The van der Waals surface area contributed by atoms with Gasteiger partial charge in [0, 0.05) is 30.6 Å². The van der Waals surface area contributed by atoms with Crippen molar-refractivity contribution in [2.45, 2.75) is 26.3 Å². The van der Waals surface area contributed by atoms with Gasteiger partial charge in [-0.1, -0.05) is 6.92 Å². The lowest BCUT2D eigenvalue weighted by Crippen LogP contribution is -2.21. The standard InChI is InChI=1S/C13H17N5O2/c1-4-10-5-11(16-8(2)15-10)17-12(13(19)20)9-6-14-18(3)7-9/h5-7,12H,4H2,1-3H3,(H,19,20)(H,15,16,17). The number of aromatic nitrogens is 4. The van der Waals surface area contributed by atoms with Crippen molar-refractivity contribution in [2.24, 2.45) is 7.05 Å². The highest BCUT2D eigenvalue weighted by Crippen LogP contribution is 2.19. The summed E-state index contributed by atoms with van der Waals surface area (Å²) in [6.45, 7) is 3.77. The number of aliphatic carboxylic acids is 1. The van der Waals surface area contributed by atoms with Crippen molar-refractivity contribution < 1.29 is 9.90 Å². The average molecular weight is 275 g/mol. The number of nitrogens with one attached hydrogen (secondary N) is 1. The van der Waals surface area contributed by atoms with E-state index < -0.39 is 12.0 Å². The number of anilines is 1. The van der Waals surface area contributed by atoms with Crippen molar-refractivity contribution in [3.05, 3.63) is 35.5 Å². The molecule has 106 valence electrons. The zero-order valence-corrected chi connectivity index (χ0v) is 11.7. The SMILES string of the molecule is CCc1cc(NC(C(=O)O)c2cnn(C)c2)nc(C)n1. The molecule has 7 nitrogen and oxygen atoms in total. The van der Waals surface area contributed by atoms with Gasteiger partial charge >= 0.3 is 5.97 Å². The van der Waals surface area contributed by atoms with Crippen LogP contribution >= 0.6 is 0 Å². The lowest BCUT2D eigenvalue weighted by Gasteiger charge is -2.14. The number of carboxylic acid groups (broad SMARTS) is 1. The molecule has 0 aliphatic rings. The topological polar surface area (TPSA) is 92.9 Å². The minimum atomic E-state index is -0.979. The van der Waals surface area contributed by atoms with Gasteiger partial charge in [-0.05, 0) is 13.3 Å². The highest BCUT2D eigenvalue weighted by atomic mass is 16.4. The molecule has 0 spiro atoms. The van der Waals surface area contributed by atoms with Crippen LogP contribution in [0.15, 0.2) is 18.5 Å². The maximum atomic E-state index is 11.4. The number of carboxylic acids is 1. The summed E-state index contributed by atoms with van der Waals surface area (Å²) in [5.41, 5.74) is 1.45. The quantitative estimate of drug-likeness (QED) is 0.854. The molecule has 2 heterocycles. The highest BCUT2D eigenvalue weighted by Gasteiger charge is 2.22. The third-order valence-corrected chi connectivity index (χ3v) is 2.85. The summed E-state index contributed by atoms with van der Waals surface area (Å²) in [6, 6.07) is 0.877. The maximum absolute atomic E-state index is 11.4. The molecule has 20 heavy (non-hydrogen) atoms. The summed E-state index contributed by atoms with van der Waals surface area (Å²) in [6.07, 6.45) is 3.96. The molecule has 2 rings (SSSR count). The third-order valence-electron chi connectivity index (χ3n) is 2.85. The molecule has 0 aliphatic heterocycles. The number of rotatable bonds is 5. The lowest BCUT2D eigenvalue weighted by atomic mass is 10.1. The van der Waals surface area contributed by atoms with Gasteiger partial charge in [-0.2, -0.15) is 5.10 Å². The second-order valence-corrected chi connectivity index (χ2v) is 4.51. The van der Waals surface area contributed by atoms with Crippen LogP contribution < -0.4 is 5.32 Å². The Hall–Kier alpha value is -2.44. The van der Waals surface area contributed by atoms with Gasteiger partial charge in [0.1, 0.15) is 11.6 Å². The Labute approximate surface area is 116 Å². The first-order valence-electron chi connectivity index (χ1n) is 6.32.